The van der Waals surface area contributed by atoms with Crippen LogP contribution in [0.15, 0.2) is 18.2 Å². The molecule has 2 aliphatic rings. The Morgan fingerprint density at radius 2 is 2.16 bits per heavy atom. The average molecular weight is 260 g/mol. The molecular weight excluding hydrogens is 236 g/mol. The lowest BCUT2D eigenvalue weighted by Crippen LogP contribution is -2.27. The van der Waals surface area contributed by atoms with Crippen molar-refractivity contribution in [2.75, 3.05) is 19.6 Å². The summed E-state index contributed by atoms with van der Waals surface area (Å²) in [6.07, 6.45) is 4.15. The number of likely N-dealkylation sites (tertiary alicyclic amines) is 1. The van der Waals surface area contributed by atoms with E-state index in [2.05, 4.69) is 23.2 Å². The number of hydrogen-bond acceptors (Lipinski definition) is 3. The molecule has 1 aromatic rings. The Bertz CT molecular complexity index is 442. The zero-order valence-electron chi connectivity index (χ0n) is 11.7. The van der Waals surface area contributed by atoms with Crippen LogP contribution < -0.4 is 5.32 Å². The first-order chi connectivity index (χ1) is 9.22. The number of aryl methyl sites for hydroxylation is 1. The van der Waals surface area contributed by atoms with E-state index in [1.807, 2.05) is 6.07 Å². The number of hydrogen-bond donors (Lipinski definition) is 2. The van der Waals surface area contributed by atoms with E-state index in [-0.39, 0.29) is 0 Å². The van der Waals surface area contributed by atoms with Gasteiger partial charge in [0, 0.05) is 24.7 Å². The molecule has 1 aromatic carbocycles. The second kappa shape index (κ2) is 5.51. The molecule has 0 radical (unpaired) electrons. The molecule has 19 heavy (non-hydrogen) atoms. The summed E-state index contributed by atoms with van der Waals surface area (Å²) in [5.74, 6) is 1.19. The number of rotatable bonds is 5. The molecule has 0 aromatic heterocycles. The van der Waals surface area contributed by atoms with Crippen LogP contribution in [0.3, 0.4) is 0 Å². The monoisotopic (exact) mass is 260 g/mol. The summed E-state index contributed by atoms with van der Waals surface area (Å²) >= 11 is 0. The van der Waals surface area contributed by atoms with Crippen molar-refractivity contribution >= 4 is 0 Å². The van der Waals surface area contributed by atoms with E-state index in [4.69, 9.17) is 0 Å². The van der Waals surface area contributed by atoms with Crippen LogP contribution in [0.1, 0.15) is 30.4 Å². The zero-order chi connectivity index (χ0) is 13.2. The summed E-state index contributed by atoms with van der Waals surface area (Å²) in [5.41, 5.74) is 2.22. The van der Waals surface area contributed by atoms with E-state index < -0.39 is 0 Å². The Balaban J connectivity index is 1.44. The highest BCUT2D eigenvalue weighted by molar-refractivity contribution is 5.35. The second-order valence-corrected chi connectivity index (χ2v) is 6.14. The van der Waals surface area contributed by atoms with Gasteiger partial charge >= 0.3 is 0 Å². The SMILES string of the molecule is Cc1ccc(O)c(CNCC2CCN(C3CC3)C2)c1. The minimum absolute atomic E-state index is 0.407. The summed E-state index contributed by atoms with van der Waals surface area (Å²) in [4.78, 5) is 2.65. The predicted octanol–water partition coefficient (Wildman–Crippen LogP) is 2.27. The number of phenolic OH excluding ortho intramolecular Hbond substituents is 1. The van der Waals surface area contributed by atoms with Gasteiger partial charge in [-0.2, -0.15) is 0 Å². The highest BCUT2D eigenvalue weighted by Gasteiger charge is 2.33. The lowest BCUT2D eigenvalue weighted by atomic mass is 10.1. The third kappa shape index (κ3) is 3.28. The van der Waals surface area contributed by atoms with E-state index in [1.54, 1.807) is 6.07 Å². The molecule has 1 saturated carbocycles. The normalized spacial score (nSPS) is 23.9. The van der Waals surface area contributed by atoms with Gasteiger partial charge in [-0.1, -0.05) is 17.7 Å². The molecule has 3 nitrogen and oxygen atoms in total. The van der Waals surface area contributed by atoms with Crippen LogP contribution in [0.5, 0.6) is 5.75 Å². The van der Waals surface area contributed by atoms with E-state index in [0.717, 1.165) is 30.6 Å². The predicted molar refractivity (Wildman–Crippen MR) is 77.3 cm³/mol. The van der Waals surface area contributed by atoms with Crippen molar-refractivity contribution < 1.29 is 5.11 Å². The molecule has 104 valence electrons. The largest absolute Gasteiger partial charge is 0.508 e. The maximum atomic E-state index is 9.80. The fraction of sp³-hybridized carbons (Fsp3) is 0.625. The number of nitrogens with one attached hydrogen (secondary N) is 1. The summed E-state index contributed by atoms with van der Waals surface area (Å²) in [7, 11) is 0. The number of phenols is 1. The van der Waals surface area contributed by atoms with Crippen LogP contribution in [-0.2, 0) is 6.54 Å². The van der Waals surface area contributed by atoms with Gasteiger partial charge in [0.1, 0.15) is 5.75 Å². The van der Waals surface area contributed by atoms with E-state index in [0.29, 0.717) is 5.75 Å². The first-order valence-electron chi connectivity index (χ1n) is 7.45. The lowest BCUT2D eigenvalue weighted by molar-refractivity contribution is 0.311. The highest BCUT2D eigenvalue weighted by atomic mass is 16.3. The van der Waals surface area contributed by atoms with Gasteiger partial charge in [-0.3, -0.25) is 0 Å². The smallest absolute Gasteiger partial charge is 0.120 e. The van der Waals surface area contributed by atoms with Crippen LogP contribution >= 0.6 is 0 Å². The third-order valence-electron chi connectivity index (χ3n) is 4.36. The molecule has 1 aliphatic heterocycles. The fourth-order valence-electron chi connectivity index (χ4n) is 3.07. The molecule has 1 saturated heterocycles. The Labute approximate surface area is 115 Å². The van der Waals surface area contributed by atoms with Gasteiger partial charge in [0.2, 0.25) is 0 Å². The van der Waals surface area contributed by atoms with Crippen molar-refractivity contribution in [3.63, 3.8) is 0 Å². The van der Waals surface area contributed by atoms with Crippen LogP contribution in [0.4, 0.5) is 0 Å². The minimum Gasteiger partial charge on any atom is -0.508 e. The summed E-state index contributed by atoms with van der Waals surface area (Å²) in [5, 5.41) is 13.3. The van der Waals surface area contributed by atoms with E-state index >= 15 is 0 Å². The van der Waals surface area contributed by atoms with Crippen molar-refractivity contribution in [2.45, 2.75) is 38.8 Å². The summed E-state index contributed by atoms with van der Waals surface area (Å²) in [6.45, 7) is 6.45. The number of benzene rings is 1. The van der Waals surface area contributed by atoms with Gasteiger partial charge in [-0.15, -0.1) is 0 Å². The van der Waals surface area contributed by atoms with Gasteiger partial charge in [0.05, 0.1) is 0 Å². The van der Waals surface area contributed by atoms with Crippen LogP contribution in [-0.4, -0.2) is 35.7 Å². The molecule has 0 amide bonds. The first-order valence-corrected chi connectivity index (χ1v) is 7.45. The molecule has 0 bridgehead atoms. The maximum Gasteiger partial charge on any atom is 0.120 e. The van der Waals surface area contributed by atoms with Gasteiger partial charge in [-0.05, 0) is 51.3 Å². The second-order valence-electron chi connectivity index (χ2n) is 6.14. The molecule has 1 aliphatic carbocycles. The minimum atomic E-state index is 0.407. The van der Waals surface area contributed by atoms with E-state index in [1.165, 1.54) is 37.9 Å². The summed E-state index contributed by atoms with van der Waals surface area (Å²) in [6, 6.07) is 6.71. The molecular formula is C16H24N2O. The van der Waals surface area contributed by atoms with Crippen molar-refractivity contribution in [1.82, 2.24) is 10.2 Å². The topological polar surface area (TPSA) is 35.5 Å². The molecule has 0 spiro atoms. The van der Waals surface area contributed by atoms with Crippen molar-refractivity contribution in [1.29, 1.82) is 0 Å². The van der Waals surface area contributed by atoms with Gasteiger partial charge in [-0.25, -0.2) is 0 Å². The molecule has 2 fully saturated rings. The molecule has 1 atom stereocenters. The summed E-state index contributed by atoms with van der Waals surface area (Å²) < 4.78 is 0. The Morgan fingerprint density at radius 3 is 2.95 bits per heavy atom. The molecule has 3 rings (SSSR count). The quantitative estimate of drug-likeness (QED) is 0.852. The van der Waals surface area contributed by atoms with Crippen molar-refractivity contribution in [3.8, 4) is 5.75 Å². The average Bonchev–Trinajstić information content (AvgIpc) is 3.14. The molecule has 1 unspecified atom stereocenters. The zero-order valence-corrected chi connectivity index (χ0v) is 11.7. The standard InChI is InChI=1S/C16H24N2O/c1-12-2-5-16(19)14(8-12)10-17-9-13-6-7-18(11-13)15-3-4-15/h2,5,8,13,15,17,19H,3-4,6-7,9-11H2,1H3. The first kappa shape index (κ1) is 12.9. The van der Waals surface area contributed by atoms with Gasteiger partial charge in [0.15, 0.2) is 0 Å². The Kier molecular flexibility index (Phi) is 3.76. The van der Waals surface area contributed by atoms with Gasteiger partial charge in [0.25, 0.3) is 0 Å². The fourth-order valence-corrected chi connectivity index (χ4v) is 3.07. The maximum absolute atomic E-state index is 9.80. The lowest BCUT2D eigenvalue weighted by Gasteiger charge is -2.15. The van der Waals surface area contributed by atoms with Gasteiger partial charge < -0.3 is 15.3 Å². The van der Waals surface area contributed by atoms with E-state index in [9.17, 15) is 5.11 Å². The van der Waals surface area contributed by atoms with Crippen molar-refractivity contribution in [3.05, 3.63) is 29.3 Å². The Morgan fingerprint density at radius 1 is 1.32 bits per heavy atom. The molecule has 3 heteroatoms. The van der Waals surface area contributed by atoms with Crippen LogP contribution in [0.25, 0.3) is 0 Å². The van der Waals surface area contributed by atoms with Crippen molar-refractivity contribution in [2.24, 2.45) is 5.92 Å². The Hall–Kier alpha value is -1.06. The van der Waals surface area contributed by atoms with Crippen LogP contribution in [0.2, 0.25) is 0 Å². The highest BCUT2D eigenvalue weighted by Crippen LogP contribution is 2.31. The molecule has 2 N–H and O–H groups in total. The number of nitrogens with zero attached hydrogens (tertiary/aromatic N) is 1. The third-order valence-corrected chi connectivity index (χ3v) is 4.36. The van der Waals surface area contributed by atoms with Crippen LogP contribution in [0, 0.1) is 12.8 Å². The molecule has 1 heterocycles. The number of aromatic hydroxyl groups is 1.